The van der Waals surface area contributed by atoms with E-state index in [2.05, 4.69) is 11.8 Å². The number of fused-ring (bicyclic) bond motifs is 2. The first-order chi connectivity index (χ1) is 7.56. The molecule has 0 heterocycles. The molecular formula is C12H12O4. The van der Waals surface area contributed by atoms with Crippen molar-refractivity contribution in [3.8, 4) is 11.8 Å². The monoisotopic (exact) mass is 220 g/mol. The Hall–Kier alpha value is -1.76. The molecule has 2 rings (SSSR count). The van der Waals surface area contributed by atoms with E-state index in [0.29, 0.717) is 5.76 Å². The van der Waals surface area contributed by atoms with Gasteiger partial charge in [-0.1, -0.05) is 11.8 Å². The molecule has 2 bridgehead atoms. The summed E-state index contributed by atoms with van der Waals surface area (Å²) >= 11 is 0. The SMILES string of the molecule is CC(=O)OC1=CC(OC(C)=O)[C@@H]2C#C[C@H]1C2. The highest BCUT2D eigenvalue weighted by molar-refractivity contribution is 5.68. The predicted molar refractivity (Wildman–Crippen MR) is 54.8 cm³/mol. The molecule has 0 fully saturated rings. The van der Waals surface area contributed by atoms with E-state index in [-0.39, 0.29) is 23.8 Å². The van der Waals surface area contributed by atoms with Crippen molar-refractivity contribution in [3.05, 3.63) is 11.8 Å². The molecule has 0 amide bonds. The van der Waals surface area contributed by atoms with Crippen molar-refractivity contribution in [2.24, 2.45) is 11.8 Å². The smallest absolute Gasteiger partial charge is 0.307 e. The second-order valence-corrected chi connectivity index (χ2v) is 3.92. The van der Waals surface area contributed by atoms with Crippen LogP contribution in [0.1, 0.15) is 20.3 Å². The molecule has 4 heteroatoms. The van der Waals surface area contributed by atoms with Crippen molar-refractivity contribution in [2.45, 2.75) is 26.4 Å². The van der Waals surface area contributed by atoms with E-state index < -0.39 is 6.10 Å². The Balaban J connectivity index is 2.18. The molecule has 0 N–H and O–H groups in total. The molecule has 2 aliphatic rings. The Morgan fingerprint density at radius 1 is 1.31 bits per heavy atom. The van der Waals surface area contributed by atoms with Crippen LogP contribution in [0.25, 0.3) is 0 Å². The summed E-state index contributed by atoms with van der Waals surface area (Å²) in [7, 11) is 0. The topological polar surface area (TPSA) is 52.6 Å². The van der Waals surface area contributed by atoms with Crippen LogP contribution in [0.5, 0.6) is 0 Å². The van der Waals surface area contributed by atoms with Crippen LogP contribution in [-0.2, 0) is 19.1 Å². The highest BCUT2D eigenvalue weighted by Gasteiger charge is 2.36. The van der Waals surface area contributed by atoms with Crippen LogP contribution in [0.15, 0.2) is 11.8 Å². The van der Waals surface area contributed by atoms with Gasteiger partial charge in [0.25, 0.3) is 0 Å². The van der Waals surface area contributed by atoms with Gasteiger partial charge in [-0.05, 0) is 12.5 Å². The standard InChI is InChI=1S/C12H12O4/c1-7(13)15-11-6-12(16-8(2)14)10-4-3-9(11)5-10/h6,9-11H,5H2,1-2H3/t9-,10+,11?/m1/s1. The maximum Gasteiger partial charge on any atom is 0.307 e. The Bertz CT molecular complexity index is 424. The van der Waals surface area contributed by atoms with E-state index in [1.54, 1.807) is 6.08 Å². The molecular weight excluding hydrogens is 208 g/mol. The molecule has 1 unspecified atom stereocenters. The molecule has 0 aromatic carbocycles. The lowest BCUT2D eigenvalue weighted by molar-refractivity contribution is -0.146. The molecule has 0 radical (unpaired) electrons. The van der Waals surface area contributed by atoms with Gasteiger partial charge in [0.2, 0.25) is 0 Å². The molecule has 0 aromatic rings. The zero-order valence-corrected chi connectivity index (χ0v) is 9.15. The van der Waals surface area contributed by atoms with Gasteiger partial charge in [0.05, 0.1) is 11.8 Å². The van der Waals surface area contributed by atoms with Crippen LogP contribution in [0, 0.1) is 23.7 Å². The van der Waals surface area contributed by atoms with Crippen LogP contribution in [0.4, 0.5) is 0 Å². The minimum absolute atomic E-state index is 0.0271. The molecule has 0 aromatic heterocycles. The molecule has 0 saturated carbocycles. The quantitative estimate of drug-likeness (QED) is 0.515. The first-order valence-corrected chi connectivity index (χ1v) is 5.14. The van der Waals surface area contributed by atoms with Gasteiger partial charge < -0.3 is 9.47 Å². The third-order valence-electron chi connectivity index (χ3n) is 2.56. The first kappa shape index (κ1) is 10.7. The van der Waals surface area contributed by atoms with Crippen molar-refractivity contribution in [1.29, 1.82) is 0 Å². The number of carbonyl (C=O) groups excluding carboxylic acids is 2. The summed E-state index contributed by atoms with van der Waals surface area (Å²) < 4.78 is 10.2. The first-order valence-electron chi connectivity index (χ1n) is 5.14. The zero-order valence-electron chi connectivity index (χ0n) is 9.15. The van der Waals surface area contributed by atoms with E-state index in [4.69, 9.17) is 9.47 Å². The third kappa shape index (κ3) is 2.08. The van der Waals surface area contributed by atoms with Crippen LogP contribution >= 0.6 is 0 Å². The highest BCUT2D eigenvalue weighted by Crippen LogP contribution is 2.35. The van der Waals surface area contributed by atoms with Gasteiger partial charge in [-0.25, -0.2) is 0 Å². The second-order valence-electron chi connectivity index (χ2n) is 3.92. The molecule has 4 nitrogen and oxygen atoms in total. The average molecular weight is 220 g/mol. The summed E-state index contributed by atoms with van der Waals surface area (Å²) in [6, 6.07) is 0. The summed E-state index contributed by atoms with van der Waals surface area (Å²) in [4.78, 5) is 21.8. The second kappa shape index (κ2) is 4.01. The fourth-order valence-corrected chi connectivity index (χ4v) is 1.96. The Morgan fingerprint density at radius 2 is 2.06 bits per heavy atom. The number of ether oxygens (including phenoxy) is 2. The van der Waals surface area contributed by atoms with Crippen LogP contribution in [0.2, 0.25) is 0 Å². The van der Waals surface area contributed by atoms with Crippen molar-refractivity contribution in [1.82, 2.24) is 0 Å². The molecule has 0 spiro atoms. The number of esters is 2. The zero-order chi connectivity index (χ0) is 11.7. The van der Waals surface area contributed by atoms with Gasteiger partial charge in [0.15, 0.2) is 0 Å². The van der Waals surface area contributed by atoms with Gasteiger partial charge in [-0.2, -0.15) is 0 Å². The minimum Gasteiger partial charge on any atom is -0.457 e. The van der Waals surface area contributed by atoms with Gasteiger partial charge in [-0.15, -0.1) is 0 Å². The number of allylic oxidation sites excluding steroid dienone is 1. The molecule has 2 aliphatic carbocycles. The predicted octanol–water partition coefficient (Wildman–Crippen LogP) is 1.02. The highest BCUT2D eigenvalue weighted by atomic mass is 16.6. The van der Waals surface area contributed by atoms with Gasteiger partial charge in [0.1, 0.15) is 11.9 Å². The number of hydrogen-bond acceptors (Lipinski definition) is 4. The van der Waals surface area contributed by atoms with Crippen molar-refractivity contribution in [3.63, 3.8) is 0 Å². The Labute approximate surface area is 93.6 Å². The Morgan fingerprint density at radius 3 is 2.69 bits per heavy atom. The largest absolute Gasteiger partial charge is 0.457 e. The van der Waals surface area contributed by atoms with E-state index in [0.717, 1.165) is 6.42 Å². The number of carbonyl (C=O) groups is 2. The van der Waals surface area contributed by atoms with Crippen LogP contribution in [-0.4, -0.2) is 18.0 Å². The van der Waals surface area contributed by atoms with Crippen LogP contribution in [0.3, 0.4) is 0 Å². The van der Waals surface area contributed by atoms with Crippen molar-refractivity contribution < 1.29 is 19.1 Å². The van der Waals surface area contributed by atoms with Gasteiger partial charge >= 0.3 is 11.9 Å². The molecule has 0 aliphatic heterocycles. The average Bonchev–Trinajstić information content (AvgIpc) is 2.57. The summed E-state index contributed by atoms with van der Waals surface area (Å²) in [5.41, 5.74) is 0. The summed E-state index contributed by atoms with van der Waals surface area (Å²) in [6.45, 7) is 2.70. The summed E-state index contributed by atoms with van der Waals surface area (Å²) in [6.07, 6.45) is 2.02. The third-order valence-corrected chi connectivity index (χ3v) is 2.56. The number of hydrogen-bond donors (Lipinski definition) is 0. The fourth-order valence-electron chi connectivity index (χ4n) is 1.96. The lowest BCUT2D eigenvalue weighted by atomic mass is 9.89. The maximum atomic E-state index is 10.9. The van der Waals surface area contributed by atoms with Crippen molar-refractivity contribution in [2.75, 3.05) is 0 Å². The lowest BCUT2D eigenvalue weighted by Gasteiger charge is -2.25. The minimum atomic E-state index is -0.391. The van der Waals surface area contributed by atoms with Crippen molar-refractivity contribution >= 4 is 11.9 Å². The summed E-state index contributed by atoms with van der Waals surface area (Å²) in [5, 5.41) is 0. The number of rotatable bonds is 2. The van der Waals surface area contributed by atoms with Gasteiger partial charge in [-0.3, -0.25) is 9.59 Å². The van der Waals surface area contributed by atoms with E-state index in [1.165, 1.54) is 13.8 Å². The molecule has 3 atom stereocenters. The van der Waals surface area contributed by atoms with E-state index >= 15 is 0 Å². The van der Waals surface area contributed by atoms with E-state index in [1.807, 2.05) is 0 Å². The lowest BCUT2D eigenvalue weighted by Crippen LogP contribution is -2.28. The molecule has 84 valence electrons. The maximum absolute atomic E-state index is 10.9. The fraction of sp³-hybridized carbons (Fsp3) is 0.500. The Kier molecular flexibility index (Phi) is 2.69. The normalized spacial score (nSPS) is 29.9. The summed E-state index contributed by atoms with van der Waals surface area (Å²) in [5.74, 6) is 5.79. The van der Waals surface area contributed by atoms with Gasteiger partial charge in [0, 0.05) is 13.8 Å². The van der Waals surface area contributed by atoms with Crippen LogP contribution < -0.4 is 0 Å². The molecule has 16 heavy (non-hydrogen) atoms. The molecule has 0 saturated heterocycles. The van der Waals surface area contributed by atoms with E-state index in [9.17, 15) is 9.59 Å².